The molecule has 0 amide bonds. The first kappa shape index (κ1) is 23.6. The van der Waals surface area contributed by atoms with Gasteiger partial charge in [-0.3, -0.25) is 0 Å². The Hall–Kier alpha value is -2.47. The van der Waals surface area contributed by atoms with Crippen LogP contribution in [0.4, 0.5) is 0 Å². The Morgan fingerprint density at radius 2 is 1.61 bits per heavy atom. The summed E-state index contributed by atoms with van der Waals surface area (Å²) in [6, 6.07) is 15.9. The summed E-state index contributed by atoms with van der Waals surface area (Å²) in [5, 5.41) is 26.4. The van der Waals surface area contributed by atoms with E-state index in [0.717, 1.165) is 5.56 Å². The summed E-state index contributed by atoms with van der Waals surface area (Å²) >= 11 is 0. The number of ether oxygens (including phenoxy) is 4. The van der Waals surface area contributed by atoms with Gasteiger partial charge in [-0.05, 0) is 12.5 Å². The number of benzene rings is 1. The Morgan fingerprint density at radius 3 is 2.29 bits per heavy atom. The Kier molecular flexibility index (Phi) is 12.3. The van der Waals surface area contributed by atoms with Gasteiger partial charge in [0.15, 0.2) is 0 Å². The smallest absolute Gasteiger partial charge is 0.141 e. The fourth-order valence-electron chi connectivity index (χ4n) is 2.42. The quantitative estimate of drug-likeness (QED) is 0.427. The van der Waals surface area contributed by atoms with E-state index in [0.29, 0.717) is 13.0 Å². The lowest BCUT2D eigenvalue weighted by Crippen LogP contribution is -2.44. The van der Waals surface area contributed by atoms with Gasteiger partial charge in [0.25, 0.3) is 0 Å². The Bertz CT molecular complexity index is 663. The molecule has 0 radical (unpaired) electrons. The molecule has 1 aromatic carbocycles. The molecule has 1 rings (SSSR count). The van der Waals surface area contributed by atoms with Crippen LogP contribution in [0.3, 0.4) is 0 Å². The molecule has 0 aliphatic rings. The molecule has 0 aromatic heterocycles. The number of hydrogen-bond donors (Lipinski definition) is 0. The van der Waals surface area contributed by atoms with Crippen LogP contribution in [-0.4, -0.2) is 44.7 Å². The van der Waals surface area contributed by atoms with Crippen molar-refractivity contribution in [3.05, 3.63) is 35.9 Å². The average Bonchev–Trinajstić information content (AvgIpc) is 2.72. The lowest BCUT2D eigenvalue weighted by Gasteiger charge is -2.33. The first-order valence-electron chi connectivity index (χ1n) is 9.24. The van der Waals surface area contributed by atoms with Gasteiger partial charge in [-0.1, -0.05) is 30.3 Å². The molecule has 0 heterocycles. The maximum absolute atomic E-state index is 8.88. The van der Waals surface area contributed by atoms with Gasteiger partial charge in [0.2, 0.25) is 0 Å². The van der Waals surface area contributed by atoms with Crippen molar-refractivity contribution in [2.24, 2.45) is 0 Å². The van der Waals surface area contributed by atoms with Crippen molar-refractivity contribution in [2.45, 2.75) is 44.5 Å². The van der Waals surface area contributed by atoms with E-state index in [2.05, 4.69) is 6.07 Å². The SMILES string of the molecule is CC(C#N)OCCC(COCCC#N)(COCc1ccccc1)OCCC#N. The van der Waals surface area contributed by atoms with Gasteiger partial charge in [-0.15, -0.1) is 0 Å². The van der Waals surface area contributed by atoms with Crippen LogP contribution in [0.15, 0.2) is 30.3 Å². The van der Waals surface area contributed by atoms with E-state index in [1.807, 2.05) is 42.5 Å². The predicted molar refractivity (Wildman–Crippen MR) is 102 cm³/mol. The molecule has 7 heteroatoms. The number of rotatable bonds is 15. The van der Waals surface area contributed by atoms with Gasteiger partial charge >= 0.3 is 0 Å². The molecule has 2 atom stereocenters. The van der Waals surface area contributed by atoms with E-state index in [4.69, 9.17) is 34.7 Å². The van der Waals surface area contributed by atoms with Crippen molar-refractivity contribution < 1.29 is 18.9 Å². The normalized spacial score (nSPS) is 13.6. The van der Waals surface area contributed by atoms with Crippen molar-refractivity contribution in [1.82, 2.24) is 0 Å². The summed E-state index contributed by atoms with van der Waals surface area (Å²) in [5.41, 5.74) is 0.212. The Morgan fingerprint density at radius 1 is 0.929 bits per heavy atom. The first-order chi connectivity index (χ1) is 13.7. The Balaban J connectivity index is 2.74. The third-order valence-electron chi connectivity index (χ3n) is 3.93. The summed E-state index contributed by atoms with van der Waals surface area (Å²) in [7, 11) is 0. The van der Waals surface area contributed by atoms with Gasteiger partial charge in [0, 0.05) is 6.42 Å². The molecule has 0 N–H and O–H groups in total. The lowest BCUT2D eigenvalue weighted by molar-refractivity contribution is -0.149. The second-order valence-corrected chi connectivity index (χ2v) is 6.27. The summed E-state index contributed by atoms with van der Waals surface area (Å²) < 4.78 is 23.0. The molecule has 28 heavy (non-hydrogen) atoms. The minimum Gasteiger partial charge on any atom is -0.377 e. The van der Waals surface area contributed by atoms with E-state index in [9.17, 15) is 0 Å². The first-order valence-corrected chi connectivity index (χ1v) is 9.24. The highest BCUT2D eigenvalue weighted by Gasteiger charge is 2.32. The third kappa shape index (κ3) is 10.0. The molecule has 1 aromatic rings. The zero-order valence-electron chi connectivity index (χ0n) is 16.3. The molecular weight excluding hydrogens is 358 g/mol. The fraction of sp³-hybridized carbons (Fsp3) is 0.571. The van der Waals surface area contributed by atoms with Gasteiger partial charge in [0.05, 0.1) is 70.7 Å². The summed E-state index contributed by atoms with van der Waals surface area (Å²) in [6.45, 7) is 3.35. The van der Waals surface area contributed by atoms with Gasteiger partial charge in [-0.25, -0.2) is 0 Å². The van der Waals surface area contributed by atoms with Crippen molar-refractivity contribution in [1.29, 1.82) is 15.8 Å². The average molecular weight is 385 g/mol. The van der Waals surface area contributed by atoms with Crippen LogP contribution in [0.25, 0.3) is 0 Å². The zero-order chi connectivity index (χ0) is 20.5. The van der Waals surface area contributed by atoms with Crippen LogP contribution in [0.5, 0.6) is 0 Å². The summed E-state index contributed by atoms with van der Waals surface area (Å²) in [4.78, 5) is 0. The highest BCUT2D eigenvalue weighted by molar-refractivity contribution is 5.13. The molecule has 2 unspecified atom stereocenters. The topological polar surface area (TPSA) is 108 Å². The zero-order valence-corrected chi connectivity index (χ0v) is 16.3. The van der Waals surface area contributed by atoms with E-state index >= 15 is 0 Å². The number of hydrogen-bond acceptors (Lipinski definition) is 7. The molecule has 0 spiro atoms. The largest absolute Gasteiger partial charge is 0.377 e. The Labute approximate surface area is 167 Å². The molecule has 7 nitrogen and oxygen atoms in total. The second kappa shape index (κ2) is 14.6. The van der Waals surface area contributed by atoms with Crippen molar-refractivity contribution in [2.75, 3.05) is 33.0 Å². The maximum Gasteiger partial charge on any atom is 0.141 e. The fourth-order valence-corrected chi connectivity index (χ4v) is 2.42. The molecule has 0 saturated carbocycles. The molecule has 0 aliphatic carbocycles. The van der Waals surface area contributed by atoms with Crippen molar-refractivity contribution in [3.63, 3.8) is 0 Å². The molecule has 0 aliphatic heterocycles. The van der Waals surface area contributed by atoms with Gasteiger partial charge < -0.3 is 18.9 Å². The minimum atomic E-state index is -0.823. The standard InChI is InChI=1S/C21H27N3O4/c1-19(15-24)27-14-9-21(28-13-6-11-23,17-25-12-5-10-22)18-26-16-20-7-3-2-4-8-20/h2-4,7-8,19H,5-6,9,12-14,16-18H2,1H3. The predicted octanol–water partition coefficient (Wildman–Crippen LogP) is 3.12. The van der Waals surface area contributed by atoms with Crippen LogP contribution in [-0.2, 0) is 25.6 Å². The second-order valence-electron chi connectivity index (χ2n) is 6.27. The highest BCUT2D eigenvalue weighted by Crippen LogP contribution is 2.20. The molecule has 0 bridgehead atoms. The van der Waals surface area contributed by atoms with Gasteiger partial charge in [0.1, 0.15) is 11.7 Å². The van der Waals surface area contributed by atoms with Crippen LogP contribution in [0, 0.1) is 34.0 Å². The van der Waals surface area contributed by atoms with E-state index in [1.165, 1.54) is 0 Å². The van der Waals surface area contributed by atoms with Crippen LogP contribution in [0.2, 0.25) is 0 Å². The number of nitriles is 3. The molecule has 0 saturated heterocycles. The lowest BCUT2D eigenvalue weighted by atomic mass is 10.0. The van der Waals surface area contributed by atoms with Crippen molar-refractivity contribution in [3.8, 4) is 18.2 Å². The summed E-state index contributed by atoms with van der Waals surface area (Å²) in [6.07, 6.45) is 0.433. The molecule has 0 fully saturated rings. The van der Waals surface area contributed by atoms with Gasteiger partial charge in [-0.2, -0.15) is 15.8 Å². The monoisotopic (exact) mass is 385 g/mol. The molecule has 150 valence electrons. The van der Waals surface area contributed by atoms with Crippen LogP contribution < -0.4 is 0 Å². The van der Waals surface area contributed by atoms with Crippen molar-refractivity contribution >= 4 is 0 Å². The molecular formula is C21H27N3O4. The maximum atomic E-state index is 8.88. The van der Waals surface area contributed by atoms with Crippen LogP contribution in [0.1, 0.15) is 31.7 Å². The highest BCUT2D eigenvalue weighted by atomic mass is 16.6. The van der Waals surface area contributed by atoms with E-state index < -0.39 is 11.7 Å². The van der Waals surface area contributed by atoms with Crippen LogP contribution >= 0.6 is 0 Å². The van der Waals surface area contributed by atoms with E-state index in [-0.39, 0.29) is 45.9 Å². The third-order valence-corrected chi connectivity index (χ3v) is 3.93. The van der Waals surface area contributed by atoms with E-state index in [1.54, 1.807) is 6.92 Å². The summed E-state index contributed by atoms with van der Waals surface area (Å²) in [5.74, 6) is 0. The number of nitrogens with zero attached hydrogens (tertiary/aromatic N) is 3. The minimum absolute atomic E-state index is 0.208.